The normalized spacial score (nSPS) is 10.7. The number of carbonyl (C=O) groups is 3. The predicted octanol–water partition coefficient (Wildman–Crippen LogP) is 3.77. The number of amides is 2. The van der Waals surface area contributed by atoms with E-state index < -0.39 is 17.8 Å². The summed E-state index contributed by atoms with van der Waals surface area (Å²) >= 11 is 0. The van der Waals surface area contributed by atoms with Gasteiger partial charge < -0.3 is 14.8 Å². The van der Waals surface area contributed by atoms with Crippen molar-refractivity contribution in [2.45, 2.75) is 20.3 Å². The van der Waals surface area contributed by atoms with Crippen LogP contribution in [0.15, 0.2) is 71.8 Å². The van der Waals surface area contributed by atoms with Gasteiger partial charge in [-0.15, -0.1) is 0 Å². The number of aryl methyl sites for hydroxylation is 1. The lowest BCUT2D eigenvalue weighted by Gasteiger charge is -2.11. The van der Waals surface area contributed by atoms with E-state index in [0.29, 0.717) is 28.3 Å². The van der Waals surface area contributed by atoms with E-state index in [9.17, 15) is 14.4 Å². The van der Waals surface area contributed by atoms with Gasteiger partial charge in [0.25, 0.3) is 0 Å². The van der Waals surface area contributed by atoms with Crippen molar-refractivity contribution in [3.05, 3.63) is 89.0 Å². The van der Waals surface area contributed by atoms with Gasteiger partial charge in [0.1, 0.15) is 0 Å². The van der Waals surface area contributed by atoms with E-state index in [1.165, 1.54) is 7.11 Å². The molecule has 0 spiro atoms. The van der Waals surface area contributed by atoms with Crippen LogP contribution < -0.4 is 20.2 Å². The molecule has 0 atom stereocenters. The molecular formula is C27H24N4O5. The summed E-state index contributed by atoms with van der Waals surface area (Å²) in [4.78, 5) is 36.8. The number of nitrogens with zero attached hydrogens (tertiary/aromatic N) is 2. The SMILES string of the molecule is COc1cc(C(C)=NNC(=O)C(=O)Nc2ccc(CC#N)cc2)ccc1OC(=O)c1cccc(C)c1. The minimum absolute atomic E-state index is 0.227. The number of methoxy groups -OCH3 is 1. The van der Waals surface area contributed by atoms with Gasteiger partial charge in [-0.1, -0.05) is 29.8 Å². The molecular weight excluding hydrogens is 460 g/mol. The van der Waals surface area contributed by atoms with Crippen molar-refractivity contribution in [1.82, 2.24) is 5.43 Å². The second-order valence-electron chi connectivity index (χ2n) is 7.75. The Hall–Kier alpha value is -4.97. The molecule has 0 aromatic heterocycles. The molecule has 0 aliphatic carbocycles. The van der Waals surface area contributed by atoms with Gasteiger partial charge in [0, 0.05) is 11.3 Å². The summed E-state index contributed by atoms with van der Waals surface area (Å²) in [5, 5.41) is 15.1. The molecule has 36 heavy (non-hydrogen) atoms. The van der Waals surface area contributed by atoms with E-state index in [1.54, 1.807) is 67.6 Å². The van der Waals surface area contributed by atoms with Crippen LogP contribution in [-0.2, 0) is 16.0 Å². The fourth-order valence-corrected chi connectivity index (χ4v) is 3.14. The van der Waals surface area contributed by atoms with Crippen molar-refractivity contribution >= 4 is 29.2 Å². The maximum absolute atomic E-state index is 12.5. The number of hydrogen-bond donors (Lipinski definition) is 2. The first-order chi connectivity index (χ1) is 17.3. The summed E-state index contributed by atoms with van der Waals surface area (Å²) in [6, 6.07) is 20.5. The topological polar surface area (TPSA) is 130 Å². The molecule has 2 N–H and O–H groups in total. The Balaban J connectivity index is 1.64. The first kappa shape index (κ1) is 25.6. The van der Waals surface area contributed by atoms with Gasteiger partial charge in [0.15, 0.2) is 11.5 Å². The van der Waals surface area contributed by atoms with Crippen molar-refractivity contribution in [2.24, 2.45) is 5.10 Å². The number of hydrogen-bond acceptors (Lipinski definition) is 7. The van der Waals surface area contributed by atoms with Crippen LogP contribution in [0.2, 0.25) is 0 Å². The van der Waals surface area contributed by atoms with Gasteiger partial charge >= 0.3 is 17.8 Å². The standard InChI is InChI=1S/C27H24N4O5/c1-17-5-4-6-21(15-17)27(34)36-23-12-9-20(16-24(23)35-3)18(2)30-31-26(33)25(32)29-22-10-7-19(8-11-22)13-14-28/h4-12,15-16H,13H2,1-3H3,(H,29,32)(H,31,33). The van der Waals surface area contributed by atoms with E-state index >= 15 is 0 Å². The molecule has 0 fully saturated rings. The molecule has 0 aliphatic rings. The summed E-state index contributed by atoms with van der Waals surface area (Å²) in [5.41, 5.74) is 5.75. The quantitative estimate of drug-likeness (QED) is 0.173. The molecule has 0 bridgehead atoms. The predicted molar refractivity (Wildman–Crippen MR) is 134 cm³/mol. The highest BCUT2D eigenvalue weighted by molar-refractivity contribution is 6.39. The van der Waals surface area contributed by atoms with Crippen LogP contribution in [0.25, 0.3) is 0 Å². The fourth-order valence-electron chi connectivity index (χ4n) is 3.14. The zero-order chi connectivity index (χ0) is 26.1. The lowest BCUT2D eigenvalue weighted by molar-refractivity contribution is -0.136. The Morgan fingerprint density at radius 2 is 1.69 bits per heavy atom. The van der Waals surface area contributed by atoms with Crippen molar-refractivity contribution in [2.75, 3.05) is 12.4 Å². The van der Waals surface area contributed by atoms with E-state index in [2.05, 4.69) is 15.8 Å². The summed E-state index contributed by atoms with van der Waals surface area (Å²) in [6.45, 7) is 3.52. The maximum Gasteiger partial charge on any atom is 0.343 e. The highest BCUT2D eigenvalue weighted by Crippen LogP contribution is 2.29. The molecule has 0 unspecified atom stereocenters. The summed E-state index contributed by atoms with van der Waals surface area (Å²) in [6.07, 6.45) is 0.254. The summed E-state index contributed by atoms with van der Waals surface area (Å²) in [5.74, 6) is -1.84. The first-order valence-corrected chi connectivity index (χ1v) is 10.9. The number of benzene rings is 3. The van der Waals surface area contributed by atoms with Gasteiger partial charge in [-0.25, -0.2) is 10.2 Å². The van der Waals surface area contributed by atoms with Crippen LogP contribution in [0, 0.1) is 18.3 Å². The Labute approximate surface area is 208 Å². The Morgan fingerprint density at radius 3 is 2.36 bits per heavy atom. The third kappa shape index (κ3) is 6.77. The molecule has 182 valence electrons. The minimum atomic E-state index is -0.953. The highest BCUT2D eigenvalue weighted by Gasteiger charge is 2.16. The van der Waals surface area contributed by atoms with E-state index in [0.717, 1.165) is 11.1 Å². The van der Waals surface area contributed by atoms with Crippen molar-refractivity contribution in [3.8, 4) is 17.6 Å². The molecule has 3 rings (SSSR count). The summed E-state index contributed by atoms with van der Waals surface area (Å²) in [7, 11) is 1.44. The Morgan fingerprint density at radius 1 is 0.944 bits per heavy atom. The fraction of sp³-hybridized carbons (Fsp3) is 0.148. The van der Waals surface area contributed by atoms with Crippen LogP contribution in [0.3, 0.4) is 0 Å². The second kappa shape index (κ2) is 11.9. The number of rotatable bonds is 7. The molecule has 0 saturated carbocycles. The number of hydrazone groups is 1. The monoisotopic (exact) mass is 484 g/mol. The largest absolute Gasteiger partial charge is 0.493 e. The molecule has 3 aromatic carbocycles. The average Bonchev–Trinajstić information content (AvgIpc) is 2.88. The summed E-state index contributed by atoms with van der Waals surface area (Å²) < 4.78 is 10.8. The zero-order valence-corrected chi connectivity index (χ0v) is 20.0. The number of nitriles is 1. The van der Waals surface area contributed by atoms with E-state index in [-0.39, 0.29) is 12.2 Å². The highest BCUT2D eigenvalue weighted by atomic mass is 16.6. The Bertz CT molecular complexity index is 1360. The smallest absolute Gasteiger partial charge is 0.343 e. The van der Waals surface area contributed by atoms with Crippen LogP contribution in [0.4, 0.5) is 5.69 Å². The van der Waals surface area contributed by atoms with Gasteiger partial charge in [-0.3, -0.25) is 9.59 Å². The molecule has 0 radical (unpaired) electrons. The maximum atomic E-state index is 12.5. The molecule has 9 nitrogen and oxygen atoms in total. The minimum Gasteiger partial charge on any atom is -0.493 e. The number of ether oxygens (including phenoxy) is 2. The lowest BCUT2D eigenvalue weighted by atomic mass is 10.1. The molecule has 3 aromatic rings. The van der Waals surface area contributed by atoms with Crippen LogP contribution in [-0.4, -0.2) is 30.6 Å². The number of nitrogens with one attached hydrogen (secondary N) is 2. The molecule has 0 aliphatic heterocycles. The van der Waals surface area contributed by atoms with Crippen molar-refractivity contribution in [3.63, 3.8) is 0 Å². The number of carbonyl (C=O) groups excluding carboxylic acids is 3. The second-order valence-corrected chi connectivity index (χ2v) is 7.75. The van der Waals surface area contributed by atoms with E-state index in [1.807, 2.05) is 19.1 Å². The van der Waals surface area contributed by atoms with E-state index in [4.69, 9.17) is 14.7 Å². The van der Waals surface area contributed by atoms with Crippen molar-refractivity contribution < 1.29 is 23.9 Å². The lowest BCUT2D eigenvalue weighted by Crippen LogP contribution is -2.32. The average molecular weight is 485 g/mol. The van der Waals surface area contributed by atoms with Gasteiger partial charge in [-0.05, 0) is 61.9 Å². The first-order valence-electron chi connectivity index (χ1n) is 10.9. The van der Waals surface area contributed by atoms with Gasteiger partial charge in [0.05, 0.1) is 30.9 Å². The molecule has 0 saturated heterocycles. The number of anilines is 1. The molecule has 0 heterocycles. The van der Waals surface area contributed by atoms with Gasteiger partial charge in [-0.2, -0.15) is 10.4 Å². The number of esters is 1. The third-order valence-corrected chi connectivity index (χ3v) is 5.06. The molecule has 9 heteroatoms. The van der Waals surface area contributed by atoms with Crippen LogP contribution >= 0.6 is 0 Å². The van der Waals surface area contributed by atoms with Gasteiger partial charge in [0.2, 0.25) is 0 Å². The molecule has 2 amide bonds. The van der Waals surface area contributed by atoms with Crippen molar-refractivity contribution in [1.29, 1.82) is 5.26 Å². The van der Waals surface area contributed by atoms with Crippen LogP contribution in [0.5, 0.6) is 11.5 Å². The van der Waals surface area contributed by atoms with Crippen LogP contribution in [0.1, 0.15) is 34.0 Å². The zero-order valence-electron chi connectivity index (χ0n) is 20.0. The third-order valence-electron chi connectivity index (χ3n) is 5.06. The Kier molecular flexibility index (Phi) is 8.51.